The Kier molecular flexibility index (Phi) is 5.78. The molecule has 1 aliphatic heterocycles. The molecule has 3 N–H and O–H groups in total. The first-order chi connectivity index (χ1) is 16.6. The quantitative estimate of drug-likeness (QED) is 0.447. The van der Waals surface area contributed by atoms with Crippen molar-refractivity contribution in [2.24, 2.45) is 5.73 Å². The molecule has 5 rings (SSSR count). The molecule has 2 aromatic heterocycles. The van der Waals surface area contributed by atoms with Gasteiger partial charge in [-0.1, -0.05) is 24.3 Å². The SMILES string of the molecule is NC(=O)c1ccc(-c2cccc3c2O[C@@H](CNC(=O)c2cccc(Cn4cccn4)c2)C3)nc1. The highest BCUT2D eigenvalue weighted by Gasteiger charge is 2.26. The molecule has 170 valence electrons. The fraction of sp³-hybridized carbons (Fsp3) is 0.154. The number of hydrogen-bond acceptors (Lipinski definition) is 5. The zero-order chi connectivity index (χ0) is 23.5. The van der Waals surface area contributed by atoms with Gasteiger partial charge in [-0.25, -0.2) is 0 Å². The highest BCUT2D eigenvalue weighted by atomic mass is 16.5. The number of para-hydroxylation sites is 1. The molecule has 0 unspecified atom stereocenters. The number of benzene rings is 2. The Morgan fingerprint density at radius 1 is 1.09 bits per heavy atom. The van der Waals surface area contributed by atoms with E-state index in [9.17, 15) is 9.59 Å². The van der Waals surface area contributed by atoms with Gasteiger partial charge in [0.1, 0.15) is 11.9 Å². The van der Waals surface area contributed by atoms with E-state index < -0.39 is 5.91 Å². The maximum Gasteiger partial charge on any atom is 0.251 e. The van der Waals surface area contributed by atoms with Crippen molar-refractivity contribution in [2.75, 3.05) is 6.54 Å². The van der Waals surface area contributed by atoms with Gasteiger partial charge in [0.05, 0.1) is 24.3 Å². The molecule has 0 aliphatic carbocycles. The molecule has 8 heteroatoms. The summed E-state index contributed by atoms with van der Waals surface area (Å²) in [6.45, 7) is 0.983. The van der Waals surface area contributed by atoms with E-state index in [2.05, 4.69) is 15.4 Å². The van der Waals surface area contributed by atoms with Crippen LogP contribution >= 0.6 is 0 Å². The van der Waals surface area contributed by atoms with Crippen molar-refractivity contribution in [1.82, 2.24) is 20.1 Å². The van der Waals surface area contributed by atoms with E-state index in [-0.39, 0.29) is 12.0 Å². The van der Waals surface area contributed by atoms with E-state index in [1.54, 1.807) is 24.4 Å². The van der Waals surface area contributed by atoms with Crippen LogP contribution < -0.4 is 15.8 Å². The second-order valence-corrected chi connectivity index (χ2v) is 8.15. The van der Waals surface area contributed by atoms with Crippen LogP contribution in [0.4, 0.5) is 0 Å². The lowest BCUT2D eigenvalue weighted by Gasteiger charge is -2.14. The highest BCUT2D eigenvalue weighted by molar-refractivity contribution is 5.94. The lowest BCUT2D eigenvalue weighted by atomic mass is 10.0. The molecule has 1 atom stereocenters. The third-order valence-electron chi connectivity index (χ3n) is 5.74. The van der Waals surface area contributed by atoms with Crippen LogP contribution in [-0.2, 0) is 13.0 Å². The Bertz CT molecular complexity index is 1330. The Balaban J connectivity index is 1.24. The van der Waals surface area contributed by atoms with Crippen molar-refractivity contribution in [2.45, 2.75) is 19.1 Å². The van der Waals surface area contributed by atoms with Crippen molar-refractivity contribution in [3.8, 4) is 17.0 Å². The summed E-state index contributed by atoms with van der Waals surface area (Å²) in [6.07, 6.45) is 5.58. The van der Waals surface area contributed by atoms with Gasteiger partial charge in [0.25, 0.3) is 5.91 Å². The number of hydrogen-bond donors (Lipinski definition) is 2. The van der Waals surface area contributed by atoms with E-state index in [1.807, 2.05) is 53.3 Å². The minimum Gasteiger partial charge on any atom is -0.487 e. The predicted octanol–water partition coefficient (Wildman–Crippen LogP) is 2.83. The van der Waals surface area contributed by atoms with Gasteiger partial charge in [0.15, 0.2) is 0 Å². The van der Waals surface area contributed by atoms with Gasteiger partial charge in [-0.2, -0.15) is 5.10 Å². The molecule has 0 saturated carbocycles. The molecule has 0 radical (unpaired) electrons. The topological polar surface area (TPSA) is 112 Å². The van der Waals surface area contributed by atoms with Crippen LogP contribution in [0.2, 0.25) is 0 Å². The summed E-state index contributed by atoms with van der Waals surface area (Å²) < 4.78 is 8.01. The van der Waals surface area contributed by atoms with Crippen molar-refractivity contribution in [1.29, 1.82) is 0 Å². The molecule has 3 heterocycles. The van der Waals surface area contributed by atoms with Gasteiger partial charge in [0, 0.05) is 36.1 Å². The van der Waals surface area contributed by atoms with Gasteiger partial charge >= 0.3 is 0 Å². The Labute approximate surface area is 196 Å². The molecule has 0 fully saturated rings. The molecule has 8 nitrogen and oxygen atoms in total. The summed E-state index contributed by atoms with van der Waals surface area (Å²) >= 11 is 0. The predicted molar refractivity (Wildman–Crippen MR) is 126 cm³/mol. The third kappa shape index (κ3) is 4.52. The monoisotopic (exact) mass is 453 g/mol. The minimum absolute atomic E-state index is 0.147. The van der Waals surface area contributed by atoms with E-state index in [0.717, 1.165) is 22.4 Å². The molecule has 1 aliphatic rings. The zero-order valence-electron chi connectivity index (χ0n) is 18.3. The summed E-state index contributed by atoms with van der Waals surface area (Å²) in [5.41, 5.74) is 9.85. The largest absolute Gasteiger partial charge is 0.487 e. The first-order valence-electron chi connectivity index (χ1n) is 11.0. The molecule has 4 aromatic rings. The Hall–Kier alpha value is -4.46. The van der Waals surface area contributed by atoms with Gasteiger partial charge in [-0.15, -0.1) is 0 Å². The lowest BCUT2D eigenvalue weighted by molar-refractivity contribution is 0.0932. The van der Waals surface area contributed by atoms with E-state index in [1.165, 1.54) is 6.20 Å². The van der Waals surface area contributed by atoms with E-state index in [4.69, 9.17) is 10.5 Å². The highest BCUT2D eigenvalue weighted by Crippen LogP contribution is 2.37. The molecule has 0 saturated heterocycles. The molecular weight excluding hydrogens is 430 g/mol. The maximum atomic E-state index is 12.8. The normalized spacial score (nSPS) is 14.3. The Morgan fingerprint density at radius 2 is 1.97 bits per heavy atom. The smallest absolute Gasteiger partial charge is 0.251 e. The number of nitrogens with one attached hydrogen (secondary N) is 1. The van der Waals surface area contributed by atoms with Crippen LogP contribution in [0.1, 0.15) is 31.8 Å². The van der Waals surface area contributed by atoms with Crippen molar-refractivity contribution < 1.29 is 14.3 Å². The molecule has 2 amide bonds. The Morgan fingerprint density at radius 3 is 2.74 bits per heavy atom. The number of rotatable bonds is 7. The fourth-order valence-electron chi connectivity index (χ4n) is 4.05. The van der Waals surface area contributed by atoms with Crippen LogP contribution in [0.25, 0.3) is 11.3 Å². The maximum absolute atomic E-state index is 12.8. The van der Waals surface area contributed by atoms with Crippen LogP contribution in [0.5, 0.6) is 5.75 Å². The summed E-state index contributed by atoms with van der Waals surface area (Å²) in [7, 11) is 0. The number of pyridine rings is 1. The first-order valence-corrected chi connectivity index (χ1v) is 11.0. The van der Waals surface area contributed by atoms with E-state index >= 15 is 0 Å². The average molecular weight is 454 g/mol. The summed E-state index contributed by atoms with van der Waals surface area (Å²) in [6, 6.07) is 18.7. The number of nitrogens with zero attached hydrogens (tertiary/aromatic N) is 3. The molecule has 0 spiro atoms. The average Bonchev–Trinajstić information content (AvgIpc) is 3.52. The van der Waals surface area contributed by atoms with Gasteiger partial charge in [-0.05, 0) is 47.5 Å². The summed E-state index contributed by atoms with van der Waals surface area (Å²) in [5.74, 6) is 0.0874. The molecule has 0 bridgehead atoms. The molecule has 2 aromatic carbocycles. The molecule has 34 heavy (non-hydrogen) atoms. The van der Waals surface area contributed by atoms with Crippen LogP contribution in [0, 0.1) is 0 Å². The van der Waals surface area contributed by atoms with Crippen LogP contribution in [-0.4, -0.2) is 39.2 Å². The zero-order valence-corrected chi connectivity index (χ0v) is 18.3. The summed E-state index contributed by atoms with van der Waals surface area (Å²) in [5, 5.41) is 7.20. The number of fused-ring (bicyclic) bond motifs is 1. The second-order valence-electron chi connectivity index (χ2n) is 8.15. The van der Waals surface area contributed by atoms with Crippen molar-refractivity contribution in [3.63, 3.8) is 0 Å². The van der Waals surface area contributed by atoms with Crippen LogP contribution in [0.3, 0.4) is 0 Å². The number of aromatic nitrogens is 3. The third-order valence-corrected chi connectivity index (χ3v) is 5.74. The fourth-order valence-corrected chi connectivity index (χ4v) is 4.05. The number of carbonyl (C=O) groups excluding carboxylic acids is 2. The number of ether oxygens (including phenoxy) is 1. The number of nitrogens with two attached hydrogens (primary N) is 1. The standard InChI is InChI=1S/C26H23N5O3/c27-25(32)20-8-9-23(28-14-20)22-7-2-5-18-13-21(34-24(18)22)15-29-26(33)19-6-1-4-17(12-19)16-31-11-3-10-30-31/h1-12,14,21H,13,15-16H2,(H2,27,32)(H,29,33)/t21-/m1/s1. The van der Waals surface area contributed by atoms with Crippen molar-refractivity contribution in [3.05, 3.63) is 102 Å². The molecular formula is C26H23N5O3. The minimum atomic E-state index is -0.517. The van der Waals surface area contributed by atoms with Gasteiger partial charge in [-0.3, -0.25) is 19.3 Å². The van der Waals surface area contributed by atoms with Gasteiger partial charge < -0.3 is 15.8 Å². The lowest BCUT2D eigenvalue weighted by Crippen LogP contribution is -2.34. The first kappa shape index (κ1) is 21.4. The van der Waals surface area contributed by atoms with E-state index in [0.29, 0.717) is 36.3 Å². The number of primary amides is 1. The van der Waals surface area contributed by atoms with Gasteiger partial charge in [0.2, 0.25) is 5.91 Å². The second kappa shape index (κ2) is 9.19. The number of amides is 2. The summed E-state index contributed by atoms with van der Waals surface area (Å²) in [4.78, 5) is 28.4. The van der Waals surface area contributed by atoms with Crippen molar-refractivity contribution >= 4 is 11.8 Å². The number of carbonyl (C=O) groups is 2. The van der Waals surface area contributed by atoms with Crippen LogP contribution in [0.15, 0.2) is 79.3 Å².